The Morgan fingerprint density at radius 2 is 2.04 bits per heavy atom. The number of halogens is 1. The van der Waals surface area contributed by atoms with E-state index in [0.717, 1.165) is 11.4 Å². The normalized spacial score (nSPS) is 11.2. The number of anilines is 1. The molecule has 0 saturated carbocycles. The number of nitrogens with one attached hydrogen (secondary N) is 1. The highest BCUT2D eigenvalue weighted by Crippen LogP contribution is 2.26. The fourth-order valence-electron chi connectivity index (χ4n) is 2.54. The van der Waals surface area contributed by atoms with Crippen LogP contribution >= 0.6 is 23.1 Å². The molecule has 0 aliphatic heterocycles. The van der Waals surface area contributed by atoms with Crippen molar-refractivity contribution < 1.29 is 9.18 Å². The summed E-state index contributed by atoms with van der Waals surface area (Å²) < 4.78 is 15.9. The van der Waals surface area contributed by atoms with Gasteiger partial charge in [-0.1, -0.05) is 49.1 Å². The first-order valence-electron chi connectivity index (χ1n) is 8.91. The topological polar surface area (TPSA) is 85.6 Å². The van der Waals surface area contributed by atoms with Crippen LogP contribution in [0.1, 0.15) is 25.8 Å². The van der Waals surface area contributed by atoms with Crippen molar-refractivity contribution in [2.45, 2.75) is 38.9 Å². The summed E-state index contributed by atoms with van der Waals surface area (Å²) >= 11 is 2.63. The Hall–Kier alpha value is -2.33. The molecule has 148 valence electrons. The minimum Gasteiger partial charge on any atom is -0.302 e. The average molecular weight is 421 g/mol. The van der Waals surface area contributed by atoms with Crippen LogP contribution < -0.4 is 5.32 Å². The van der Waals surface area contributed by atoms with Gasteiger partial charge in [-0.25, -0.2) is 4.39 Å². The summed E-state index contributed by atoms with van der Waals surface area (Å²) in [4.78, 5) is 12.2. The highest BCUT2D eigenvalue weighted by Gasteiger charge is 2.17. The lowest BCUT2D eigenvalue weighted by molar-refractivity contribution is -0.113. The lowest BCUT2D eigenvalue weighted by Crippen LogP contribution is -2.14. The molecule has 0 fully saturated rings. The van der Waals surface area contributed by atoms with Gasteiger partial charge in [-0.2, -0.15) is 0 Å². The second-order valence-corrected chi connectivity index (χ2v) is 8.47. The maximum Gasteiger partial charge on any atom is 0.236 e. The van der Waals surface area contributed by atoms with Crippen molar-refractivity contribution in [2.24, 2.45) is 5.92 Å². The van der Waals surface area contributed by atoms with Crippen LogP contribution in [-0.4, -0.2) is 36.6 Å². The van der Waals surface area contributed by atoms with Crippen molar-refractivity contribution in [1.82, 2.24) is 25.0 Å². The first-order chi connectivity index (χ1) is 13.5. The van der Waals surface area contributed by atoms with Gasteiger partial charge in [0.15, 0.2) is 11.0 Å². The molecule has 0 aliphatic rings. The number of aromatic nitrogens is 5. The van der Waals surface area contributed by atoms with Gasteiger partial charge in [-0.15, -0.1) is 20.4 Å². The molecule has 0 bridgehead atoms. The Morgan fingerprint density at radius 1 is 1.25 bits per heavy atom. The van der Waals surface area contributed by atoms with E-state index in [2.05, 4.69) is 39.6 Å². The van der Waals surface area contributed by atoms with E-state index in [1.54, 1.807) is 22.8 Å². The summed E-state index contributed by atoms with van der Waals surface area (Å²) in [5, 5.41) is 21.0. The van der Waals surface area contributed by atoms with Gasteiger partial charge in [-0.05, 0) is 25.0 Å². The molecule has 7 nitrogen and oxygen atoms in total. The van der Waals surface area contributed by atoms with E-state index < -0.39 is 0 Å². The molecule has 0 spiro atoms. The lowest BCUT2D eigenvalue weighted by atomic mass is 10.1. The Labute approximate surface area is 170 Å². The molecule has 0 aliphatic carbocycles. The monoisotopic (exact) mass is 420 g/mol. The number of amides is 1. The Balaban J connectivity index is 1.64. The quantitative estimate of drug-likeness (QED) is 0.557. The van der Waals surface area contributed by atoms with Crippen LogP contribution in [-0.2, 0) is 17.8 Å². The summed E-state index contributed by atoms with van der Waals surface area (Å²) in [7, 11) is 0. The molecule has 2 heterocycles. The third-order valence-electron chi connectivity index (χ3n) is 3.78. The summed E-state index contributed by atoms with van der Waals surface area (Å²) in [6.07, 6.45) is 0.834. The number of thioether (sulfide) groups is 1. The molecule has 0 unspecified atom stereocenters. The summed E-state index contributed by atoms with van der Waals surface area (Å²) in [5.41, 5.74) is 0.389. The van der Waals surface area contributed by atoms with E-state index in [9.17, 15) is 9.18 Å². The average Bonchev–Trinajstić information content (AvgIpc) is 3.26. The molecule has 1 aromatic carbocycles. The standard InChI is InChI=1S/C18H21FN6OS2/c1-4-25-16(12-7-5-6-8-13(12)19)22-24-18(25)27-10-14(26)20-17-23-21-15(28-17)9-11(2)3/h5-8,11H,4,9-10H2,1-3H3,(H,20,23,26). The third-order valence-corrected chi connectivity index (χ3v) is 5.60. The van der Waals surface area contributed by atoms with Gasteiger partial charge >= 0.3 is 0 Å². The number of carbonyl (C=O) groups is 1. The molecule has 0 saturated heterocycles. The van der Waals surface area contributed by atoms with E-state index >= 15 is 0 Å². The molecule has 1 N–H and O–H groups in total. The first-order valence-corrected chi connectivity index (χ1v) is 10.7. The second kappa shape index (κ2) is 9.24. The van der Waals surface area contributed by atoms with E-state index in [1.807, 2.05) is 6.92 Å². The van der Waals surface area contributed by atoms with Gasteiger partial charge in [0.2, 0.25) is 11.0 Å². The summed E-state index contributed by atoms with van der Waals surface area (Å²) in [6.45, 7) is 6.70. The van der Waals surface area contributed by atoms with Crippen molar-refractivity contribution in [3.8, 4) is 11.4 Å². The zero-order chi connectivity index (χ0) is 20.1. The number of benzene rings is 1. The third kappa shape index (κ3) is 4.93. The highest BCUT2D eigenvalue weighted by molar-refractivity contribution is 7.99. The van der Waals surface area contributed by atoms with Crippen LogP contribution in [0.25, 0.3) is 11.4 Å². The molecular formula is C18H21FN6OS2. The van der Waals surface area contributed by atoms with Crippen molar-refractivity contribution in [1.29, 1.82) is 0 Å². The molecule has 10 heteroatoms. The van der Waals surface area contributed by atoms with Crippen molar-refractivity contribution in [3.63, 3.8) is 0 Å². The van der Waals surface area contributed by atoms with E-state index in [4.69, 9.17) is 0 Å². The Kier molecular flexibility index (Phi) is 6.74. The van der Waals surface area contributed by atoms with Crippen LogP contribution in [0.4, 0.5) is 9.52 Å². The van der Waals surface area contributed by atoms with Gasteiger partial charge in [0, 0.05) is 13.0 Å². The summed E-state index contributed by atoms with van der Waals surface area (Å²) in [5.74, 6) is 0.527. The molecule has 28 heavy (non-hydrogen) atoms. The van der Waals surface area contributed by atoms with Crippen LogP contribution in [0.15, 0.2) is 29.4 Å². The molecule has 3 aromatic rings. The van der Waals surface area contributed by atoms with Crippen LogP contribution in [0.3, 0.4) is 0 Å². The molecule has 2 aromatic heterocycles. The van der Waals surface area contributed by atoms with Crippen molar-refractivity contribution >= 4 is 34.1 Å². The first kappa shape index (κ1) is 20.4. The Bertz CT molecular complexity index is 955. The van der Waals surface area contributed by atoms with Crippen LogP contribution in [0.5, 0.6) is 0 Å². The minimum absolute atomic E-state index is 0.147. The fourth-order valence-corrected chi connectivity index (χ4v) is 4.31. The van der Waals surface area contributed by atoms with Crippen molar-refractivity contribution in [2.75, 3.05) is 11.1 Å². The van der Waals surface area contributed by atoms with Crippen molar-refractivity contribution in [3.05, 3.63) is 35.1 Å². The number of rotatable bonds is 8. The maximum absolute atomic E-state index is 14.1. The lowest BCUT2D eigenvalue weighted by Gasteiger charge is -2.07. The number of hydrogen-bond acceptors (Lipinski definition) is 7. The molecule has 3 rings (SSSR count). The zero-order valence-corrected chi connectivity index (χ0v) is 17.5. The van der Waals surface area contributed by atoms with Crippen LogP contribution in [0.2, 0.25) is 0 Å². The second-order valence-electron chi connectivity index (χ2n) is 6.47. The maximum atomic E-state index is 14.1. The summed E-state index contributed by atoms with van der Waals surface area (Å²) in [6, 6.07) is 6.44. The van der Waals surface area contributed by atoms with Crippen LogP contribution in [0, 0.1) is 11.7 Å². The van der Waals surface area contributed by atoms with Gasteiger partial charge in [0.1, 0.15) is 10.8 Å². The number of nitrogens with zero attached hydrogens (tertiary/aromatic N) is 5. The number of hydrogen-bond donors (Lipinski definition) is 1. The number of carbonyl (C=O) groups excluding carboxylic acids is 1. The molecule has 1 amide bonds. The van der Waals surface area contributed by atoms with Gasteiger partial charge in [0.05, 0.1) is 11.3 Å². The van der Waals surface area contributed by atoms with E-state index in [0.29, 0.717) is 34.1 Å². The molecule has 0 radical (unpaired) electrons. The molecular weight excluding hydrogens is 399 g/mol. The van der Waals surface area contributed by atoms with Gasteiger partial charge < -0.3 is 4.57 Å². The van der Waals surface area contributed by atoms with Gasteiger partial charge in [0.25, 0.3) is 0 Å². The van der Waals surface area contributed by atoms with E-state index in [1.165, 1.54) is 29.2 Å². The fraction of sp³-hybridized carbons (Fsp3) is 0.389. The minimum atomic E-state index is -0.354. The Morgan fingerprint density at radius 3 is 2.75 bits per heavy atom. The van der Waals surface area contributed by atoms with Gasteiger partial charge in [-0.3, -0.25) is 10.1 Å². The predicted octanol–water partition coefficient (Wildman–Crippen LogP) is 3.88. The highest BCUT2D eigenvalue weighted by atomic mass is 32.2. The molecule has 0 atom stereocenters. The smallest absolute Gasteiger partial charge is 0.236 e. The SMILES string of the molecule is CCn1c(SCC(=O)Nc2nnc(CC(C)C)s2)nnc1-c1ccccc1F. The largest absolute Gasteiger partial charge is 0.302 e. The van der Waals surface area contributed by atoms with E-state index in [-0.39, 0.29) is 17.5 Å². The predicted molar refractivity (Wildman–Crippen MR) is 109 cm³/mol. The zero-order valence-electron chi connectivity index (χ0n) is 15.8.